The van der Waals surface area contributed by atoms with Gasteiger partial charge in [0.05, 0.1) is 13.7 Å². The van der Waals surface area contributed by atoms with Gasteiger partial charge in [-0.3, -0.25) is 4.79 Å². The summed E-state index contributed by atoms with van der Waals surface area (Å²) in [5.74, 6) is 1.45. The molecule has 40 heavy (non-hydrogen) atoms. The zero-order chi connectivity index (χ0) is 28.5. The Kier molecular flexibility index (Phi) is 9.45. The third-order valence-corrected chi connectivity index (χ3v) is 6.79. The lowest BCUT2D eigenvalue weighted by Gasteiger charge is -2.30. The van der Waals surface area contributed by atoms with Crippen molar-refractivity contribution in [2.75, 3.05) is 39.3 Å². The van der Waals surface area contributed by atoms with Crippen molar-refractivity contribution in [3.05, 3.63) is 102 Å². The molecule has 8 nitrogen and oxygen atoms in total. The highest BCUT2D eigenvalue weighted by Gasteiger charge is 2.52. The van der Waals surface area contributed by atoms with Crippen molar-refractivity contribution in [2.45, 2.75) is 31.0 Å². The molecule has 0 spiro atoms. The van der Waals surface area contributed by atoms with E-state index in [0.29, 0.717) is 37.0 Å². The molecule has 0 radical (unpaired) electrons. The second kappa shape index (κ2) is 13.2. The minimum absolute atomic E-state index is 0.0727. The number of amides is 1. The lowest BCUT2D eigenvalue weighted by atomic mass is 9.84. The Balaban J connectivity index is 1.65. The van der Waals surface area contributed by atoms with Crippen molar-refractivity contribution in [3.8, 4) is 11.5 Å². The van der Waals surface area contributed by atoms with Crippen molar-refractivity contribution in [1.29, 1.82) is 0 Å². The van der Waals surface area contributed by atoms with Crippen LogP contribution in [0.4, 0.5) is 5.69 Å². The van der Waals surface area contributed by atoms with Crippen LogP contribution in [0.5, 0.6) is 11.5 Å². The molecule has 2 N–H and O–H groups in total. The highest BCUT2D eigenvalue weighted by atomic mass is 16.5. The van der Waals surface area contributed by atoms with Crippen LogP contribution in [0, 0.1) is 0 Å². The molecule has 2 atom stereocenters. The van der Waals surface area contributed by atoms with E-state index in [2.05, 4.69) is 11.9 Å². The molecular formula is C32H37N3O5. The fourth-order valence-corrected chi connectivity index (χ4v) is 4.59. The average Bonchev–Trinajstić information content (AvgIpc) is 3.37. The van der Waals surface area contributed by atoms with Gasteiger partial charge in [-0.15, -0.1) is 6.58 Å². The van der Waals surface area contributed by atoms with E-state index in [9.17, 15) is 4.79 Å². The van der Waals surface area contributed by atoms with Gasteiger partial charge in [-0.05, 0) is 59.7 Å². The van der Waals surface area contributed by atoms with Gasteiger partial charge < -0.3 is 29.5 Å². The van der Waals surface area contributed by atoms with Gasteiger partial charge in [-0.2, -0.15) is 0 Å². The minimum atomic E-state index is -1.27. The molecule has 8 heteroatoms. The van der Waals surface area contributed by atoms with Crippen LogP contribution < -0.4 is 19.7 Å². The van der Waals surface area contributed by atoms with E-state index in [1.54, 1.807) is 13.2 Å². The molecular weight excluding hydrogens is 506 g/mol. The zero-order valence-corrected chi connectivity index (χ0v) is 23.3. The summed E-state index contributed by atoms with van der Waals surface area (Å²) in [6, 6.07) is 22.9. The number of hydrogen-bond donors (Lipinski definition) is 2. The first-order valence-corrected chi connectivity index (χ1v) is 13.3. The maximum Gasteiger partial charge on any atom is 0.252 e. The largest absolute Gasteiger partial charge is 0.497 e. The number of aliphatic hydroxyl groups excluding tert-OH is 1. The summed E-state index contributed by atoms with van der Waals surface area (Å²) in [4.78, 5) is 21.0. The third-order valence-electron chi connectivity index (χ3n) is 6.79. The number of ether oxygens (including phenoxy) is 3. The fraction of sp³-hybridized carbons (Fsp3) is 0.312. The number of carbonyl (C=O) groups excluding carboxylic acids is 1. The maximum absolute atomic E-state index is 14.0. The summed E-state index contributed by atoms with van der Waals surface area (Å²) in [6.45, 7) is 4.78. The molecule has 1 heterocycles. The Morgan fingerprint density at radius 1 is 1.12 bits per heavy atom. The number of rotatable bonds is 13. The standard InChI is InChI=1S/C32H37N3O5/c1-5-18-32(31(37)33-22-23-10-14-26(15-11-23)35(2)3)29(25-8-6-9-28(21-25)38-4)40-30(34-32)24-12-16-27(17-13-24)39-20-7-19-36/h5-6,8-17,21,29,36H,1,7,18-20,22H2,2-4H3,(H,33,37)/t29-,32-/m1/s1. The summed E-state index contributed by atoms with van der Waals surface area (Å²) in [7, 11) is 5.58. The Morgan fingerprint density at radius 2 is 1.88 bits per heavy atom. The van der Waals surface area contributed by atoms with E-state index in [1.807, 2.05) is 91.8 Å². The van der Waals surface area contributed by atoms with Gasteiger partial charge in [0.1, 0.15) is 11.5 Å². The number of hydrogen-bond acceptors (Lipinski definition) is 7. The summed E-state index contributed by atoms with van der Waals surface area (Å²) in [5, 5.41) is 12.1. The number of anilines is 1. The molecule has 1 aliphatic rings. The van der Waals surface area contributed by atoms with Gasteiger partial charge in [-0.25, -0.2) is 4.99 Å². The van der Waals surface area contributed by atoms with Crippen molar-refractivity contribution < 1.29 is 24.1 Å². The highest BCUT2D eigenvalue weighted by Crippen LogP contribution is 2.43. The number of aliphatic hydroxyl groups is 1. The van der Waals surface area contributed by atoms with Crippen LogP contribution in [-0.4, -0.2) is 56.9 Å². The summed E-state index contributed by atoms with van der Waals surface area (Å²) in [5.41, 5.74) is 2.28. The second-order valence-electron chi connectivity index (χ2n) is 9.80. The van der Waals surface area contributed by atoms with Gasteiger partial charge in [0.25, 0.3) is 5.91 Å². The average molecular weight is 544 g/mol. The van der Waals surface area contributed by atoms with E-state index in [0.717, 1.165) is 22.4 Å². The Morgan fingerprint density at radius 3 is 2.52 bits per heavy atom. The molecule has 0 saturated carbocycles. The summed E-state index contributed by atoms with van der Waals surface area (Å²) >= 11 is 0. The van der Waals surface area contributed by atoms with Gasteiger partial charge in [-0.1, -0.05) is 30.3 Å². The van der Waals surface area contributed by atoms with Crippen LogP contribution in [0.1, 0.15) is 35.6 Å². The topological polar surface area (TPSA) is 92.6 Å². The van der Waals surface area contributed by atoms with Crippen molar-refractivity contribution >= 4 is 17.5 Å². The smallest absolute Gasteiger partial charge is 0.252 e. The molecule has 1 aliphatic heterocycles. The van der Waals surface area contributed by atoms with Gasteiger partial charge in [0, 0.05) is 51.3 Å². The van der Waals surface area contributed by atoms with E-state index in [1.165, 1.54) is 0 Å². The van der Waals surface area contributed by atoms with Crippen LogP contribution in [0.25, 0.3) is 0 Å². The van der Waals surface area contributed by atoms with E-state index in [-0.39, 0.29) is 18.9 Å². The highest BCUT2D eigenvalue weighted by molar-refractivity contribution is 6.01. The number of aliphatic imine (C=N–C) groups is 1. The van der Waals surface area contributed by atoms with Gasteiger partial charge >= 0.3 is 0 Å². The lowest BCUT2D eigenvalue weighted by Crippen LogP contribution is -2.47. The molecule has 0 fully saturated rings. The Labute approximate surface area is 235 Å². The molecule has 210 valence electrons. The number of nitrogens with zero attached hydrogens (tertiary/aromatic N) is 2. The molecule has 3 aromatic carbocycles. The van der Waals surface area contributed by atoms with Crippen LogP contribution in [0.15, 0.2) is 90.4 Å². The van der Waals surface area contributed by atoms with Crippen LogP contribution in [0.3, 0.4) is 0 Å². The quantitative estimate of drug-likeness (QED) is 0.240. The molecule has 1 amide bonds. The predicted molar refractivity (Wildman–Crippen MR) is 157 cm³/mol. The fourth-order valence-electron chi connectivity index (χ4n) is 4.59. The lowest BCUT2D eigenvalue weighted by molar-refractivity contribution is -0.129. The summed E-state index contributed by atoms with van der Waals surface area (Å²) in [6.07, 6.45) is 1.82. The first-order valence-electron chi connectivity index (χ1n) is 13.3. The van der Waals surface area contributed by atoms with Crippen LogP contribution >= 0.6 is 0 Å². The third kappa shape index (κ3) is 6.46. The van der Waals surface area contributed by atoms with Crippen molar-refractivity contribution in [2.24, 2.45) is 4.99 Å². The Hall–Kier alpha value is -4.30. The SMILES string of the molecule is C=CC[C@@]1(C(=O)NCc2ccc(N(C)C)cc2)N=C(c2ccc(OCCCO)cc2)O[C@@H]1c1cccc(OC)c1. The number of nitrogens with one attached hydrogen (secondary N) is 1. The molecule has 0 bridgehead atoms. The number of carbonyl (C=O) groups is 1. The first kappa shape index (κ1) is 28.7. The first-order chi connectivity index (χ1) is 19.4. The van der Waals surface area contributed by atoms with Crippen LogP contribution in [-0.2, 0) is 16.1 Å². The normalized spacial score (nSPS) is 17.9. The molecule has 0 aliphatic carbocycles. The predicted octanol–water partition coefficient (Wildman–Crippen LogP) is 4.67. The second-order valence-corrected chi connectivity index (χ2v) is 9.80. The van der Waals surface area contributed by atoms with E-state index < -0.39 is 11.6 Å². The molecule has 0 unspecified atom stereocenters. The Bertz CT molecular complexity index is 1320. The molecule has 0 aromatic heterocycles. The monoisotopic (exact) mass is 543 g/mol. The summed E-state index contributed by atoms with van der Waals surface area (Å²) < 4.78 is 17.6. The number of methoxy groups -OCH3 is 1. The molecule has 3 aromatic rings. The van der Waals surface area contributed by atoms with Gasteiger partial charge in [0.2, 0.25) is 5.90 Å². The van der Waals surface area contributed by atoms with Crippen molar-refractivity contribution in [1.82, 2.24) is 5.32 Å². The van der Waals surface area contributed by atoms with E-state index >= 15 is 0 Å². The zero-order valence-electron chi connectivity index (χ0n) is 23.3. The number of benzene rings is 3. The van der Waals surface area contributed by atoms with Crippen LogP contribution in [0.2, 0.25) is 0 Å². The van der Waals surface area contributed by atoms with Crippen molar-refractivity contribution in [3.63, 3.8) is 0 Å². The van der Waals surface area contributed by atoms with E-state index in [4.69, 9.17) is 24.3 Å². The molecule has 0 saturated heterocycles. The maximum atomic E-state index is 14.0. The molecule has 4 rings (SSSR count). The minimum Gasteiger partial charge on any atom is -0.497 e. The van der Waals surface area contributed by atoms with Gasteiger partial charge in [0.15, 0.2) is 11.6 Å².